The first-order valence-electron chi connectivity index (χ1n) is 11.3. The monoisotopic (exact) mass is 476 g/mol. The van der Waals surface area contributed by atoms with Crippen LogP contribution < -0.4 is 29.6 Å². The van der Waals surface area contributed by atoms with Crippen LogP contribution in [0.5, 0.6) is 0 Å². The minimum Gasteiger partial charge on any atom is -1.00 e. The van der Waals surface area contributed by atoms with Crippen LogP contribution in [-0.2, 0) is 13.0 Å². The fraction of sp³-hybridized carbons (Fsp3) is 0.192. The minimum absolute atomic E-state index is 0. The number of aromatic carboxylic acids is 1. The molecule has 8 nitrogen and oxygen atoms in total. The number of carbonyl (C=O) groups is 1. The zero-order valence-corrected chi connectivity index (χ0v) is 21.8. The minimum atomic E-state index is -0.942. The molecular weight excluding hydrogens is 451 g/mol. The Morgan fingerprint density at radius 2 is 1.80 bits per heavy atom. The molecule has 0 aliphatic rings. The molecule has 0 saturated carbocycles. The Balaban J connectivity index is 0.00000180. The van der Waals surface area contributed by atoms with Crippen molar-refractivity contribution in [3.8, 4) is 22.5 Å². The number of carboxylic acids is 1. The Bertz CT molecular complexity index is 1450. The maximum atomic E-state index is 11.9. The van der Waals surface area contributed by atoms with Gasteiger partial charge in [-0.3, -0.25) is 0 Å². The van der Waals surface area contributed by atoms with Crippen molar-refractivity contribution >= 4 is 17.0 Å². The van der Waals surface area contributed by atoms with E-state index < -0.39 is 5.97 Å². The third kappa shape index (κ3) is 5.05. The standard InChI is InChI=1S/C26H24N6O2.Na.H/c1-2-3-11-23-27-22-10-6-9-21(26(33)34)24(22)32(23)16-17-12-14-18(15-13-17)19-7-4-5-8-20(19)25-28-30-31-29-25;;/h4-10,12-15H,2-3,11,16H2,1H3,(H,33,34)(H,28,29,30,31);;/q;+1;-1. The average Bonchev–Trinajstić information content (AvgIpc) is 3.52. The van der Waals surface area contributed by atoms with E-state index >= 15 is 0 Å². The molecule has 9 heteroatoms. The third-order valence-corrected chi connectivity index (χ3v) is 5.95. The maximum absolute atomic E-state index is 11.9. The zero-order valence-electron chi connectivity index (χ0n) is 20.8. The second-order valence-corrected chi connectivity index (χ2v) is 8.17. The molecule has 0 aliphatic heterocycles. The van der Waals surface area contributed by atoms with Gasteiger partial charge in [-0.25, -0.2) is 9.78 Å². The number of aromatic nitrogens is 6. The van der Waals surface area contributed by atoms with Gasteiger partial charge in [-0.1, -0.05) is 67.9 Å². The number of hydrogen-bond donors (Lipinski definition) is 2. The number of hydrogen-bond acceptors (Lipinski definition) is 5. The first kappa shape index (κ1) is 24.8. The molecule has 0 aliphatic carbocycles. The Morgan fingerprint density at radius 1 is 1.03 bits per heavy atom. The summed E-state index contributed by atoms with van der Waals surface area (Å²) < 4.78 is 2.05. The van der Waals surface area contributed by atoms with Crippen LogP contribution >= 0.6 is 0 Å². The van der Waals surface area contributed by atoms with Crippen LogP contribution in [-0.4, -0.2) is 41.3 Å². The van der Waals surface area contributed by atoms with Crippen molar-refractivity contribution < 1.29 is 40.9 Å². The van der Waals surface area contributed by atoms with E-state index in [1.807, 2.05) is 30.3 Å². The molecule has 0 spiro atoms. The summed E-state index contributed by atoms with van der Waals surface area (Å²) in [5.74, 6) is 0.519. The molecule has 35 heavy (non-hydrogen) atoms. The molecule has 0 saturated heterocycles. The summed E-state index contributed by atoms with van der Waals surface area (Å²) in [6.07, 6.45) is 2.85. The molecule has 0 radical (unpaired) electrons. The zero-order chi connectivity index (χ0) is 23.5. The van der Waals surface area contributed by atoms with Gasteiger partial charge >= 0.3 is 35.5 Å². The number of carboxylic acid groups (broad SMARTS) is 1. The van der Waals surface area contributed by atoms with E-state index in [-0.39, 0.29) is 36.5 Å². The molecule has 0 bridgehead atoms. The van der Waals surface area contributed by atoms with Gasteiger partial charge < -0.3 is 11.1 Å². The van der Waals surface area contributed by atoms with Crippen LogP contribution in [0.3, 0.4) is 0 Å². The number of H-pyrrole nitrogens is 1. The molecule has 2 aromatic heterocycles. The van der Waals surface area contributed by atoms with Crippen molar-refractivity contribution in [1.82, 2.24) is 30.2 Å². The van der Waals surface area contributed by atoms with Crippen molar-refractivity contribution in [2.75, 3.05) is 0 Å². The van der Waals surface area contributed by atoms with Gasteiger partial charge in [0.25, 0.3) is 0 Å². The second kappa shape index (κ2) is 10.9. The van der Waals surface area contributed by atoms with Crippen LogP contribution in [0.15, 0.2) is 66.7 Å². The fourth-order valence-electron chi connectivity index (χ4n) is 4.28. The topological polar surface area (TPSA) is 110 Å². The van der Waals surface area contributed by atoms with Gasteiger partial charge in [0.05, 0.1) is 16.6 Å². The van der Waals surface area contributed by atoms with Crippen LogP contribution in [0.2, 0.25) is 0 Å². The van der Waals surface area contributed by atoms with Gasteiger partial charge in [0.15, 0.2) is 0 Å². The van der Waals surface area contributed by atoms with Crippen LogP contribution in [0, 0.1) is 0 Å². The Hall–Kier alpha value is -3.33. The largest absolute Gasteiger partial charge is 1.00 e. The molecule has 5 rings (SSSR count). The average molecular weight is 477 g/mol. The number of rotatable bonds is 8. The van der Waals surface area contributed by atoms with Crippen LogP contribution in [0.4, 0.5) is 0 Å². The van der Waals surface area contributed by atoms with Gasteiger partial charge in [0, 0.05) is 18.5 Å². The van der Waals surface area contributed by atoms with Gasteiger partial charge in [-0.2, -0.15) is 5.21 Å². The molecular formula is C26H25N6NaO2. The SMILES string of the molecule is CCCCc1nc2cccc(C(=O)O)c2n1Cc1ccc(-c2ccccc2-c2nn[nH]n2)cc1.[H-].[Na+]. The number of aromatic amines is 1. The van der Waals surface area contributed by atoms with E-state index in [1.54, 1.807) is 12.1 Å². The number of imidazole rings is 1. The molecule has 2 N–H and O–H groups in total. The summed E-state index contributed by atoms with van der Waals surface area (Å²) in [4.78, 5) is 16.7. The van der Waals surface area contributed by atoms with Crippen molar-refractivity contribution in [3.63, 3.8) is 0 Å². The smallest absolute Gasteiger partial charge is 1.00 e. The number of fused-ring (bicyclic) bond motifs is 1. The summed E-state index contributed by atoms with van der Waals surface area (Å²) in [5, 5.41) is 24.2. The van der Waals surface area contributed by atoms with E-state index in [4.69, 9.17) is 4.98 Å². The van der Waals surface area contributed by atoms with E-state index in [0.29, 0.717) is 17.9 Å². The maximum Gasteiger partial charge on any atom is 1.00 e. The molecule has 0 amide bonds. The van der Waals surface area contributed by atoms with E-state index in [0.717, 1.165) is 52.9 Å². The summed E-state index contributed by atoms with van der Waals surface area (Å²) >= 11 is 0. The van der Waals surface area contributed by atoms with E-state index in [9.17, 15) is 9.90 Å². The van der Waals surface area contributed by atoms with Crippen LogP contribution in [0.1, 0.15) is 42.9 Å². The van der Waals surface area contributed by atoms with Gasteiger partial charge in [-0.05, 0) is 40.5 Å². The normalized spacial score (nSPS) is 10.9. The number of unbranched alkanes of at least 4 members (excludes halogenated alkanes) is 1. The Morgan fingerprint density at radius 3 is 2.49 bits per heavy atom. The molecule has 172 valence electrons. The van der Waals surface area contributed by atoms with Crippen LogP contribution in [0.25, 0.3) is 33.5 Å². The summed E-state index contributed by atoms with van der Waals surface area (Å²) in [6.45, 7) is 2.69. The third-order valence-electron chi connectivity index (χ3n) is 5.95. The van der Waals surface area contributed by atoms with E-state index in [1.165, 1.54) is 0 Å². The molecule has 0 unspecified atom stereocenters. The number of para-hydroxylation sites is 1. The number of nitrogens with zero attached hydrogens (tertiary/aromatic N) is 5. The summed E-state index contributed by atoms with van der Waals surface area (Å²) in [5.41, 5.74) is 5.69. The fourth-order valence-corrected chi connectivity index (χ4v) is 4.28. The molecule has 5 aromatic rings. The van der Waals surface area contributed by atoms with Crippen molar-refractivity contribution in [2.24, 2.45) is 0 Å². The summed E-state index contributed by atoms with van der Waals surface area (Å²) in [7, 11) is 0. The Labute approximate surface area is 226 Å². The van der Waals surface area contributed by atoms with Crippen molar-refractivity contribution in [3.05, 3.63) is 83.7 Å². The number of benzene rings is 3. The van der Waals surface area contributed by atoms with Gasteiger partial charge in [-0.15, -0.1) is 10.2 Å². The van der Waals surface area contributed by atoms with Crippen molar-refractivity contribution in [2.45, 2.75) is 32.7 Å². The molecule has 3 aromatic carbocycles. The number of tetrazole rings is 1. The Kier molecular flexibility index (Phi) is 7.75. The van der Waals surface area contributed by atoms with Crippen molar-refractivity contribution in [1.29, 1.82) is 0 Å². The van der Waals surface area contributed by atoms with Gasteiger partial charge in [0.1, 0.15) is 5.82 Å². The van der Waals surface area contributed by atoms with Gasteiger partial charge in [0.2, 0.25) is 5.82 Å². The first-order valence-corrected chi connectivity index (χ1v) is 11.3. The van der Waals surface area contributed by atoms with E-state index in [2.05, 4.69) is 56.4 Å². The molecule has 0 fully saturated rings. The predicted octanol–water partition coefficient (Wildman–Crippen LogP) is 2.09. The predicted molar refractivity (Wildman–Crippen MR) is 131 cm³/mol. The molecule has 0 atom stereocenters. The first-order chi connectivity index (χ1) is 16.7. The second-order valence-electron chi connectivity index (χ2n) is 8.17. The molecule has 2 heterocycles. The summed E-state index contributed by atoms with van der Waals surface area (Å²) in [6, 6.07) is 21.5. The number of nitrogens with one attached hydrogen (secondary N) is 1. The number of aryl methyl sites for hydroxylation is 1. The quantitative estimate of drug-likeness (QED) is 0.332.